The minimum absolute atomic E-state index is 0.732. The molecule has 1 aliphatic carbocycles. The molecule has 0 radical (unpaired) electrons. The SMILES string of the molecule is N=CNCCC/N=C/c1c(C2CC2)ccc2ccccc12. The summed E-state index contributed by atoms with van der Waals surface area (Å²) in [5, 5.41) is 12.4. The molecule has 108 valence electrons. The van der Waals surface area contributed by atoms with Crippen molar-refractivity contribution in [3.63, 3.8) is 0 Å². The topological polar surface area (TPSA) is 48.2 Å². The van der Waals surface area contributed by atoms with Crippen LogP contribution in [0.4, 0.5) is 0 Å². The van der Waals surface area contributed by atoms with Crippen LogP contribution in [0.5, 0.6) is 0 Å². The second-order valence-corrected chi connectivity index (χ2v) is 5.55. The van der Waals surface area contributed by atoms with E-state index in [1.165, 1.54) is 41.1 Å². The van der Waals surface area contributed by atoms with Gasteiger partial charge in [0.2, 0.25) is 0 Å². The molecule has 0 amide bonds. The van der Waals surface area contributed by atoms with Gasteiger partial charge in [-0.2, -0.15) is 0 Å². The summed E-state index contributed by atoms with van der Waals surface area (Å²) >= 11 is 0. The highest BCUT2D eigenvalue weighted by atomic mass is 14.9. The van der Waals surface area contributed by atoms with Crippen molar-refractivity contribution in [2.45, 2.75) is 25.2 Å². The summed E-state index contributed by atoms with van der Waals surface area (Å²) in [6.45, 7) is 1.61. The van der Waals surface area contributed by atoms with Crippen LogP contribution < -0.4 is 5.32 Å². The van der Waals surface area contributed by atoms with Crippen LogP contribution >= 0.6 is 0 Å². The first-order valence-electron chi connectivity index (χ1n) is 7.64. The summed E-state index contributed by atoms with van der Waals surface area (Å²) in [6, 6.07) is 13.1. The molecule has 0 saturated heterocycles. The van der Waals surface area contributed by atoms with Crippen molar-refractivity contribution in [3.05, 3.63) is 47.5 Å². The van der Waals surface area contributed by atoms with E-state index in [0.29, 0.717) is 0 Å². The lowest BCUT2D eigenvalue weighted by Gasteiger charge is -2.09. The van der Waals surface area contributed by atoms with Crippen molar-refractivity contribution < 1.29 is 0 Å². The first-order valence-corrected chi connectivity index (χ1v) is 7.64. The number of nitrogens with one attached hydrogen (secondary N) is 2. The van der Waals surface area contributed by atoms with Crippen LogP contribution in [0.1, 0.15) is 36.3 Å². The molecule has 3 heteroatoms. The lowest BCUT2D eigenvalue weighted by atomic mass is 9.97. The van der Waals surface area contributed by atoms with Gasteiger partial charge < -0.3 is 5.32 Å². The van der Waals surface area contributed by atoms with Crippen LogP contribution in [0, 0.1) is 5.41 Å². The third kappa shape index (κ3) is 3.30. The molecule has 0 spiro atoms. The van der Waals surface area contributed by atoms with Crippen molar-refractivity contribution in [3.8, 4) is 0 Å². The van der Waals surface area contributed by atoms with Crippen molar-refractivity contribution in [1.82, 2.24) is 5.32 Å². The van der Waals surface area contributed by atoms with Gasteiger partial charge >= 0.3 is 0 Å². The van der Waals surface area contributed by atoms with Crippen LogP contribution in [0.3, 0.4) is 0 Å². The molecule has 0 heterocycles. The van der Waals surface area contributed by atoms with E-state index in [4.69, 9.17) is 5.41 Å². The molecule has 2 aromatic rings. The Kier molecular flexibility index (Phi) is 4.29. The lowest BCUT2D eigenvalue weighted by Crippen LogP contribution is -2.12. The molecule has 21 heavy (non-hydrogen) atoms. The van der Waals surface area contributed by atoms with E-state index in [1.54, 1.807) is 0 Å². The van der Waals surface area contributed by atoms with E-state index < -0.39 is 0 Å². The van der Waals surface area contributed by atoms with Gasteiger partial charge in [0.15, 0.2) is 0 Å². The van der Waals surface area contributed by atoms with Gasteiger partial charge in [0.1, 0.15) is 0 Å². The fourth-order valence-corrected chi connectivity index (χ4v) is 2.71. The standard InChI is InChI=1S/C18H21N3/c19-13-21-11-3-10-20-12-18-16-5-2-1-4-14(16)8-9-17(18)15-6-7-15/h1-2,4-5,8-9,12-13,15H,3,6-7,10-11H2,(H2,19,21)/b20-12+. The maximum atomic E-state index is 6.92. The van der Waals surface area contributed by atoms with Crippen LogP contribution in [0.15, 0.2) is 41.4 Å². The maximum Gasteiger partial charge on any atom is 0.0791 e. The number of hydrogen-bond acceptors (Lipinski definition) is 2. The number of fused-ring (bicyclic) bond motifs is 1. The first kappa shape index (κ1) is 13.8. The minimum Gasteiger partial charge on any atom is -0.377 e. The Balaban J connectivity index is 1.82. The number of benzene rings is 2. The minimum atomic E-state index is 0.732. The molecule has 1 aliphatic rings. The Morgan fingerprint density at radius 3 is 2.86 bits per heavy atom. The van der Waals surface area contributed by atoms with Gasteiger partial charge in [-0.1, -0.05) is 36.4 Å². The van der Waals surface area contributed by atoms with Crippen LogP contribution in [-0.2, 0) is 0 Å². The fourth-order valence-electron chi connectivity index (χ4n) is 2.71. The summed E-state index contributed by atoms with van der Waals surface area (Å²) in [7, 11) is 0. The number of rotatable bonds is 7. The van der Waals surface area contributed by atoms with E-state index in [1.807, 2.05) is 0 Å². The average Bonchev–Trinajstić information content (AvgIpc) is 3.35. The Morgan fingerprint density at radius 2 is 2.05 bits per heavy atom. The summed E-state index contributed by atoms with van der Waals surface area (Å²) in [6.07, 6.45) is 6.86. The number of hydrogen-bond donors (Lipinski definition) is 2. The van der Waals surface area contributed by atoms with Gasteiger partial charge in [0, 0.05) is 24.9 Å². The Morgan fingerprint density at radius 1 is 1.19 bits per heavy atom. The highest BCUT2D eigenvalue weighted by Gasteiger charge is 2.26. The third-order valence-corrected chi connectivity index (χ3v) is 3.95. The molecule has 3 rings (SSSR count). The van der Waals surface area contributed by atoms with Crippen molar-refractivity contribution >= 4 is 23.3 Å². The molecule has 0 aromatic heterocycles. The molecular formula is C18H21N3. The van der Waals surface area contributed by atoms with Gasteiger partial charge in [-0.25, -0.2) is 0 Å². The van der Waals surface area contributed by atoms with E-state index in [2.05, 4.69) is 52.9 Å². The largest absolute Gasteiger partial charge is 0.377 e. The van der Waals surface area contributed by atoms with Gasteiger partial charge in [-0.3, -0.25) is 10.4 Å². The second kappa shape index (κ2) is 6.53. The predicted octanol–water partition coefficient (Wildman–Crippen LogP) is 3.72. The number of nitrogens with zero attached hydrogens (tertiary/aromatic N) is 1. The smallest absolute Gasteiger partial charge is 0.0791 e. The van der Waals surface area contributed by atoms with E-state index in [0.717, 1.165) is 25.4 Å². The van der Waals surface area contributed by atoms with E-state index in [9.17, 15) is 0 Å². The Hall–Kier alpha value is -2.16. The molecule has 1 fully saturated rings. The van der Waals surface area contributed by atoms with Gasteiger partial charge in [-0.15, -0.1) is 0 Å². The van der Waals surface area contributed by atoms with Crippen LogP contribution in [0.25, 0.3) is 10.8 Å². The van der Waals surface area contributed by atoms with Gasteiger partial charge in [0.05, 0.1) is 6.34 Å². The summed E-state index contributed by atoms with van der Waals surface area (Å²) in [5.41, 5.74) is 2.76. The van der Waals surface area contributed by atoms with Crippen LogP contribution in [0.2, 0.25) is 0 Å². The molecule has 0 bridgehead atoms. The molecule has 2 N–H and O–H groups in total. The zero-order valence-corrected chi connectivity index (χ0v) is 12.2. The van der Waals surface area contributed by atoms with Gasteiger partial charge in [0.25, 0.3) is 0 Å². The average molecular weight is 279 g/mol. The lowest BCUT2D eigenvalue weighted by molar-refractivity contribution is 0.792. The highest BCUT2D eigenvalue weighted by molar-refractivity contribution is 6.01. The zero-order valence-electron chi connectivity index (χ0n) is 12.2. The molecule has 0 atom stereocenters. The molecule has 2 aromatic carbocycles. The molecule has 1 saturated carbocycles. The van der Waals surface area contributed by atoms with E-state index in [-0.39, 0.29) is 0 Å². The van der Waals surface area contributed by atoms with Crippen molar-refractivity contribution in [1.29, 1.82) is 5.41 Å². The quantitative estimate of drug-likeness (QED) is 0.453. The monoisotopic (exact) mass is 279 g/mol. The Bertz CT molecular complexity index is 657. The first-order chi connectivity index (χ1) is 10.4. The molecule has 3 nitrogen and oxygen atoms in total. The summed E-state index contributed by atoms with van der Waals surface area (Å²) in [5.74, 6) is 0.732. The molecular weight excluding hydrogens is 258 g/mol. The van der Waals surface area contributed by atoms with Crippen molar-refractivity contribution in [2.75, 3.05) is 13.1 Å². The van der Waals surface area contributed by atoms with E-state index >= 15 is 0 Å². The number of aliphatic imine (C=N–C) groups is 1. The summed E-state index contributed by atoms with van der Waals surface area (Å²) in [4.78, 5) is 4.59. The maximum absolute atomic E-state index is 6.92. The van der Waals surface area contributed by atoms with Gasteiger partial charge in [-0.05, 0) is 41.5 Å². The molecule has 0 unspecified atom stereocenters. The van der Waals surface area contributed by atoms with Crippen LogP contribution in [-0.4, -0.2) is 25.6 Å². The Labute approximate surface area is 125 Å². The summed E-state index contributed by atoms with van der Waals surface area (Å²) < 4.78 is 0. The predicted molar refractivity (Wildman–Crippen MR) is 89.8 cm³/mol. The second-order valence-electron chi connectivity index (χ2n) is 5.55. The molecule has 0 aliphatic heterocycles. The zero-order chi connectivity index (χ0) is 14.5. The third-order valence-electron chi connectivity index (χ3n) is 3.95. The highest BCUT2D eigenvalue weighted by Crippen LogP contribution is 2.42. The fraction of sp³-hybridized carbons (Fsp3) is 0.333. The van der Waals surface area contributed by atoms with Crippen molar-refractivity contribution in [2.24, 2.45) is 4.99 Å². The normalized spacial score (nSPS) is 14.7.